The molecule has 2 N–H and O–H groups in total. The molecule has 0 radical (unpaired) electrons. The molecule has 110 valence electrons. The minimum atomic E-state index is 0.238. The van der Waals surface area contributed by atoms with E-state index in [1.54, 1.807) is 0 Å². The van der Waals surface area contributed by atoms with Gasteiger partial charge in [-0.1, -0.05) is 13.8 Å². The number of nitrogens with zero attached hydrogens (tertiary/aromatic N) is 1. The molecule has 0 saturated carbocycles. The van der Waals surface area contributed by atoms with Gasteiger partial charge in [0.1, 0.15) is 0 Å². The lowest BCUT2D eigenvalue weighted by molar-refractivity contribution is -0.122. The first-order valence-electron chi connectivity index (χ1n) is 7.88. The third-order valence-electron chi connectivity index (χ3n) is 4.17. The zero-order valence-corrected chi connectivity index (χ0v) is 12.5. The van der Waals surface area contributed by atoms with Crippen molar-refractivity contribution in [2.45, 2.75) is 58.0 Å². The quantitative estimate of drug-likeness (QED) is 0.790. The number of likely N-dealkylation sites (tertiary alicyclic amines) is 1. The number of hydrogen-bond donors (Lipinski definition) is 2. The maximum absolute atomic E-state index is 12.0. The molecule has 0 aromatic heterocycles. The summed E-state index contributed by atoms with van der Waals surface area (Å²) in [6.45, 7) is 9.05. The summed E-state index contributed by atoms with van der Waals surface area (Å²) in [5, 5.41) is 6.60. The fraction of sp³-hybridized carbons (Fsp3) is 0.933. The van der Waals surface area contributed by atoms with Gasteiger partial charge in [-0.05, 0) is 38.1 Å². The number of piperidine rings is 1. The summed E-state index contributed by atoms with van der Waals surface area (Å²) in [6.07, 6.45) is 5.24. The van der Waals surface area contributed by atoms with Crippen molar-refractivity contribution in [1.29, 1.82) is 0 Å². The number of rotatable bonds is 5. The normalized spacial score (nSPS) is 25.9. The van der Waals surface area contributed by atoms with Crippen LogP contribution in [0.1, 0.15) is 46.0 Å². The Labute approximate surface area is 117 Å². The summed E-state index contributed by atoms with van der Waals surface area (Å²) in [5.74, 6) is 0.973. The van der Waals surface area contributed by atoms with Gasteiger partial charge in [0.15, 0.2) is 0 Å². The Morgan fingerprint density at radius 1 is 1.32 bits per heavy atom. The second-order valence-corrected chi connectivity index (χ2v) is 6.53. The molecule has 2 heterocycles. The summed E-state index contributed by atoms with van der Waals surface area (Å²) in [6, 6.07) is 0.818. The predicted octanol–water partition coefficient (Wildman–Crippen LogP) is 1.37. The molecule has 0 spiro atoms. The van der Waals surface area contributed by atoms with Crippen molar-refractivity contribution in [3.8, 4) is 0 Å². The molecule has 1 atom stereocenters. The number of carbonyl (C=O) groups excluding carboxylic acids is 1. The monoisotopic (exact) mass is 267 g/mol. The maximum Gasteiger partial charge on any atom is 0.221 e. The van der Waals surface area contributed by atoms with Gasteiger partial charge in [-0.2, -0.15) is 0 Å². The molecule has 0 aliphatic carbocycles. The Bertz CT molecular complexity index is 279. The molecule has 0 aromatic carbocycles. The number of carbonyl (C=O) groups is 1. The number of amides is 1. The third kappa shape index (κ3) is 5.11. The van der Waals surface area contributed by atoms with Crippen molar-refractivity contribution in [2.24, 2.45) is 5.92 Å². The second-order valence-electron chi connectivity index (χ2n) is 6.53. The Morgan fingerprint density at radius 2 is 2.05 bits per heavy atom. The highest BCUT2D eigenvalue weighted by Gasteiger charge is 2.23. The van der Waals surface area contributed by atoms with E-state index >= 15 is 0 Å². The highest BCUT2D eigenvalue weighted by atomic mass is 16.1. The summed E-state index contributed by atoms with van der Waals surface area (Å²) in [5.41, 5.74) is 0. The van der Waals surface area contributed by atoms with Crippen molar-refractivity contribution in [3.05, 3.63) is 0 Å². The van der Waals surface area contributed by atoms with Crippen molar-refractivity contribution in [3.63, 3.8) is 0 Å². The number of hydrogen-bond acceptors (Lipinski definition) is 3. The van der Waals surface area contributed by atoms with Crippen molar-refractivity contribution in [2.75, 3.05) is 26.2 Å². The van der Waals surface area contributed by atoms with Crippen LogP contribution in [0.4, 0.5) is 0 Å². The Kier molecular flexibility index (Phi) is 5.64. The lowest BCUT2D eigenvalue weighted by Gasteiger charge is -2.33. The number of nitrogens with one attached hydrogen (secondary N) is 2. The summed E-state index contributed by atoms with van der Waals surface area (Å²) >= 11 is 0. The van der Waals surface area contributed by atoms with E-state index in [0.29, 0.717) is 18.5 Å². The van der Waals surface area contributed by atoms with Gasteiger partial charge < -0.3 is 15.5 Å². The average Bonchev–Trinajstić information content (AvgIpc) is 2.83. The van der Waals surface area contributed by atoms with Gasteiger partial charge in [-0.15, -0.1) is 0 Å². The fourth-order valence-corrected chi connectivity index (χ4v) is 3.22. The van der Waals surface area contributed by atoms with Crippen LogP contribution >= 0.6 is 0 Å². The lowest BCUT2D eigenvalue weighted by atomic mass is 10.0. The zero-order valence-electron chi connectivity index (χ0n) is 12.5. The van der Waals surface area contributed by atoms with Crippen LogP contribution in [0.15, 0.2) is 0 Å². The van der Waals surface area contributed by atoms with Gasteiger partial charge in [0.25, 0.3) is 0 Å². The highest BCUT2D eigenvalue weighted by molar-refractivity contribution is 5.76. The molecule has 4 heteroatoms. The molecule has 2 aliphatic rings. The SMILES string of the molecule is CC(C)CN1CCC(NC(=O)CC2CCCN2)CC1. The van der Waals surface area contributed by atoms with Gasteiger partial charge in [-0.25, -0.2) is 0 Å². The standard InChI is InChI=1S/C15H29N3O/c1-12(2)11-18-8-5-13(6-9-18)17-15(19)10-14-4-3-7-16-14/h12-14,16H,3-11H2,1-2H3,(H,17,19). The van der Waals surface area contributed by atoms with Gasteiger partial charge in [0, 0.05) is 38.1 Å². The van der Waals surface area contributed by atoms with E-state index in [-0.39, 0.29) is 5.91 Å². The molecule has 19 heavy (non-hydrogen) atoms. The van der Waals surface area contributed by atoms with Gasteiger partial charge in [0.2, 0.25) is 5.91 Å². The van der Waals surface area contributed by atoms with Crippen LogP contribution in [0, 0.1) is 5.92 Å². The topological polar surface area (TPSA) is 44.4 Å². The van der Waals surface area contributed by atoms with Crippen molar-refractivity contribution < 1.29 is 4.79 Å². The molecule has 2 rings (SSSR count). The first kappa shape index (κ1) is 14.8. The van der Waals surface area contributed by atoms with Crippen LogP contribution in [-0.2, 0) is 4.79 Å². The molecular weight excluding hydrogens is 238 g/mol. The molecule has 1 unspecified atom stereocenters. The maximum atomic E-state index is 12.0. The van der Waals surface area contributed by atoms with E-state index in [4.69, 9.17) is 0 Å². The average molecular weight is 267 g/mol. The minimum absolute atomic E-state index is 0.238. The fourth-order valence-electron chi connectivity index (χ4n) is 3.22. The van der Waals surface area contributed by atoms with Gasteiger partial charge in [-0.3, -0.25) is 4.79 Å². The lowest BCUT2D eigenvalue weighted by Crippen LogP contribution is -2.46. The molecular formula is C15H29N3O. The van der Waals surface area contributed by atoms with Crippen molar-refractivity contribution in [1.82, 2.24) is 15.5 Å². The van der Waals surface area contributed by atoms with Crippen LogP contribution in [0.5, 0.6) is 0 Å². The zero-order chi connectivity index (χ0) is 13.7. The van der Waals surface area contributed by atoms with Crippen LogP contribution in [0.3, 0.4) is 0 Å². The first-order chi connectivity index (χ1) is 9.13. The van der Waals surface area contributed by atoms with E-state index in [1.807, 2.05) is 0 Å². The molecule has 4 nitrogen and oxygen atoms in total. The van der Waals surface area contributed by atoms with Crippen LogP contribution in [-0.4, -0.2) is 49.1 Å². The van der Waals surface area contributed by atoms with Gasteiger partial charge in [0.05, 0.1) is 0 Å². The molecule has 0 bridgehead atoms. The van der Waals surface area contributed by atoms with Crippen molar-refractivity contribution >= 4 is 5.91 Å². The Hall–Kier alpha value is -0.610. The largest absolute Gasteiger partial charge is 0.353 e. The summed E-state index contributed by atoms with van der Waals surface area (Å²) < 4.78 is 0. The molecule has 2 fully saturated rings. The van der Waals surface area contributed by atoms with Crippen LogP contribution in [0.2, 0.25) is 0 Å². The summed E-state index contributed by atoms with van der Waals surface area (Å²) in [7, 11) is 0. The van der Waals surface area contributed by atoms with E-state index in [2.05, 4.69) is 29.4 Å². The molecule has 2 saturated heterocycles. The van der Waals surface area contributed by atoms with E-state index < -0.39 is 0 Å². The molecule has 0 aromatic rings. The minimum Gasteiger partial charge on any atom is -0.353 e. The summed E-state index contributed by atoms with van der Waals surface area (Å²) in [4.78, 5) is 14.5. The van der Waals surface area contributed by atoms with Crippen LogP contribution in [0.25, 0.3) is 0 Å². The Balaban J connectivity index is 1.63. The smallest absolute Gasteiger partial charge is 0.221 e. The second kappa shape index (κ2) is 7.25. The van der Waals surface area contributed by atoms with E-state index in [9.17, 15) is 4.79 Å². The van der Waals surface area contributed by atoms with E-state index in [1.165, 1.54) is 13.0 Å². The molecule has 2 aliphatic heterocycles. The predicted molar refractivity (Wildman–Crippen MR) is 78.1 cm³/mol. The third-order valence-corrected chi connectivity index (χ3v) is 4.17. The first-order valence-corrected chi connectivity index (χ1v) is 7.88. The van der Waals surface area contributed by atoms with E-state index in [0.717, 1.165) is 44.8 Å². The Morgan fingerprint density at radius 3 is 2.63 bits per heavy atom. The van der Waals surface area contributed by atoms with Crippen LogP contribution < -0.4 is 10.6 Å². The molecule has 1 amide bonds. The van der Waals surface area contributed by atoms with Gasteiger partial charge >= 0.3 is 0 Å². The highest BCUT2D eigenvalue weighted by Crippen LogP contribution is 2.13.